The molecule has 2 fully saturated rings. The van der Waals surface area contributed by atoms with E-state index >= 15 is 0 Å². The van der Waals surface area contributed by atoms with Gasteiger partial charge in [0.25, 0.3) is 0 Å². The highest BCUT2D eigenvalue weighted by molar-refractivity contribution is 14.0. The molecular weight excluding hydrogens is 441 g/mol. The predicted octanol–water partition coefficient (Wildman–Crippen LogP) is 3.02. The Bertz CT molecular complexity index is 563. The highest BCUT2D eigenvalue weighted by atomic mass is 127. The summed E-state index contributed by atoms with van der Waals surface area (Å²) in [7, 11) is 0. The number of guanidine groups is 1. The van der Waals surface area contributed by atoms with Crippen LogP contribution in [-0.2, 0) is 6.42 Å². The van der Waals surface area contributed by atoms with Crippen LogP contribution in [0.3, 0.4) is 0 Å². The van der Waals surface area contributed by atoms with Crippen LogP contribution in [0.1, 0.15) is 56.0 Å². The maximum Gasteiger partial charge on any atom is 0.191 e. The maximum atomic E-state index is 5.23. The number of rotatable bonds is 6. The molecule has 148 valence electrons. The number of likely N-dealkylation sites (tertiary alicyclic amines) is 1. The molecular formula is C19H34IN5O. The standard InChI is InChI=1S/C19H33N5O.HI/c1-4-20-19(21-11-9-18-14(2)23-25-15(18)3)22-16-10-12-24(13-16)17-7-5-6-8-17;/h16-17H,4-13H2,1-3H3,(H2,20,21,22);1H. The molecule has 1 aromatic rings. The topological polar surface area (TPSA) is 65.7 Å². The van der Waals surface area contributed by atoms with Gasteiger partial charge in [0, 0.05) is 43.8 Å². The third kappa shape index (κ3) is 5.58. The van der Waals surface area contributed by atoms with Crippen LogP contribution in [0.15, 0.2) is 9.52 Å². The summed E-state index contributed by atoms with van der Waals surface area (Å²) in [6.07, 6.45) is 7.67. The molecule has 1 saturated carbocycles. The van der Waals surface area contributed by atoms with E-state index in [1.807, 2.05) is 13.8 Å². The van der Waals surface area contributed by atoms with E-state index in [1.165, 1.54) is 44.2 Å². The fourth-order valence-corrected chi connectivity index (χ4v) is 4.16. The van der Waals surface area contributed by atoms with Gasteiger partial charge in [0.05, 0.1) is 5.69 Å². The number of halogens is 1. The van der Waals surface area contributed by atoms with E-state index < -0.39 is 0 Å². The predicted molar refractivity (Wildman–Crippen MR) is 116 cm³/mol. The first-order chi connectivity index (χ1) is 12.2. The molecule has 26 heavy (non-hydrogen) atoms. The molecule has 1 saturated heterocycles. The van der Waals surface area contributed by atoms with Gasteiger partial charge in [-0.25, -0.2) is 0 Å². The van der Waals surface area contributed by atoms with Gasteiger partial charge in [0.1, 0.15) is 5.76 Å². The van der Waals surface area contributed by atoms with Gasteiger partial charge in [-0.05, 0) is 46.5 Å². The van der Waals surface area contributed by atoms with Crippen LogP contribution in [0.5, 0.6) is 0 Å². The lowest BCUT2D eigenvalue weighted by molar-refractivity contribution is 0.242. The molecule has 7 heteroatoms. The van der Waals surface area contributed by atoms with Crippen molar-refractivity contribution in [1.82, 2.24) is 20.7 Å². The molecule has 0 amide bonds. The summed E-state index contributed by atoms with van der Waals surface area (Å²) >= 11 is 0. The normalized spacial score (nSPS) is 21.8. The zero-order valence-electron chi connectivity index (χ0n) is 16.4. The SMILES string of the molecule is CCNC(=NCCc1c(C)noc1C)NC1CCN(C2CCCC2)C1.I. The fraction of sp³-hybridized carbons (Fsp3) is 0.789. The van der Waals surface area contributed by atoms with Crippen LogP contribution in [0.2, 0.25) is 0 Å². The van der Waals surface area contributed by atoms with Gasteiger partial charge in [0.15, 0.2) is 5.96 Å². The van der Waals surface area contributed by atoms with Crippen LogP contribution in [0.4, 0.5) is 0 Å². The zero-order valence-corrected chi connectivity index (χ0v) is 18.7. The molecule has 0 radical (unpaired) electrons. The molecule has 1 unspecified atom stereocenters. The Hall–Kier alpha value is -0.830. The van der Waals surface area contributed by atoms with E-state index in [1.54, 1.807) is 0 Å². The van der Waals surface area contributed by atoms with Crippen molar-refractivity contribution < 1.29 is 4.52 Å². The van der Waals surface area contributed by atoms with Gasteiger partial charge in [-0.3, -0.25) is 9.89 Å². The molecule has 1 aliphatic heterocycles. The van der Waals surface area contributed by atoms with Gasteiger partial charge in [-0.1, -0.05) is 18.0 Å². The monoisotopic (exact) mass is 475 g/mol. The first kappa shape index (κ1) is 21.5. The van der Waals surface area contributed by atoms with Crippen molar-refractivity contribution in [2.45, 2.75) is 71.4 Å². The molecule has 0 spiro atoms. The second-order valence-corrected chi connectivity index (χ2v) is 7.38. The van der Waals surface area contributed by atoms with Crippen molar-refractivity contribution >= 4 is 29.9 Å². The Morgan fingerprint density at radius 2 is 2.04 bits per heavy atom. The minimum atomic E-state index is 0. The summed E-state index contributed by atoms with van der Waals surface area (Å²) in [6.45, 7) is 10.1. The molecule has 1 aliphatic carbocycles. The van der Waals surface area contributed by atoms with Gasteiger partial charge in [-0.2, -0.15) is 0 Å². The molecule has 0 bridgehead atoms. The van der Waals surface area contributed by atoms with Crippen molar-refractivity contribution in [3.8, 4) is 0 Å². The summed E-state index contributed by atoms with van der Waals surface area (Å²) in [5.41, 5.74) is 2.17. The number of aromatic nitrogens is 1. The third-order valence-corrected chi connectivity index (χ3v) is 5.56. The van der Waals surface area contributed by atoms with Crippen molar-refractivity contribution in [3.63, 3.8) is 0 Å². The summed E-state index contributed by atoms with van der Waals surface area (Å²) in [5.74, 6) is 1.85. The average molecular weight is 475 g/mol. The minimum absolute atomic E-state index is 0. The third-order valence-electron chi connectivity index (χ3n) is 5.56. The van der Waals surface area contributed by atoms with Crippen LogP contribution in [0.25, 0.3) is 0 Å². The van der Waals surface area contributed by atoms with Gasteiger partial charge in [0.2, 0.25) is 0 Å². The van der Waals surface area contributed by atoms with E-state index in [-0.39, 0.29) is 24.0 Å². The molecule has 2 aliphatic rings. The Kier molecular flexibility index (Phi) is 8.66. The zero-order chi connectivity index (χ0) is 17.6. The molecule has 6 nitrogen and oxygen atoms in total. The highest BCUT2D eigenvalue weighted by Gasteiger charge is 2.30. The summed E-state index contributed by atoms with van der Waals surface area (Å²) in [6, 6.07) is 1.34. The minimum Gasteiger partial charge on any atom is -0.361 e. The van der Waals surface area contributed by atoms with Crippen molar-refractivity contribution in [2.75, 3.05) is 26.2 Å². The van der Waals surface area contributed by atoms with E-state index in [9.17, 15) is 0 Å². The first-order valence-electron chi connectivity index (χ1n) is 9.88. The Labute approximate surface area is 174 Å². The second kappa shape index (κ2) is 10.5. The average Bonchev–Trinajstić information content (AvgIpc) is 3.32. The van der Waals surface area contributed by atoms with Gasteiger partial charge >= 0.3 is 0 Å². The number of aryl methyl sites for hydroxylation is 2. The lowest BCUT2D eigenvalue weighted by Crippen LogP contribution is -2.45. The van der Waals surface area contributed by atoms with E-state index in [0.29, 0.717) is 6.04 Å². The number of aliphatic imine (C=N–C) groups is 1. The Balaban J connectivity index is 0.00000243. The largest absolute Gasteiger partial charge is 0.361 e. The number of hydrogen-bond donors (Lipinski definition) is 2. The van der Waals surface area contributed by atoms with Crippen molar-refractivity contribution in [2.24, 2.45) is 4.99 Å². The van der Waals surface area contributed by atoms with Gasteiger partial charge < -0.3 is 15.2 Å². The molecule has 0 aromatic carbocycles. The summed E-state index contributed by atoms with van der Waals surface area (Å²) in [4.78, 5) is 7.44. The Morgan fingerprint density at radius 1 is 1.27 bits per heavy atom. The van der Waals surface area contributed by atoms with E-state index in [2.05, 4.69) is 27.6 Å². The van der Waals surface area contributed by atoms with Crippen LogP contribution in [0, 0.1) is 13.8 Å². The van der Waals surface area contributed by atoms with E-state index in [4.69, 9.17) is 9.52 Å². The highest BCUT2D eigenvalue weighted by Crippen LogP contribution is 2.26. The van der Waals surface area contributed by atoms with Crippen molar-refractivity contribution in [3.05, 3.63) is 17.0 Å². The molecule has 3 rings (SSSR count). The maximum absolute atomic E-state index is 5.23. The Morgan fingerprint density at radius 3 is 2.69 bits per heavy atom. The lowest BCUT2D eigenvalue weighted by Gasteiger charge is -2.24. The number of nitrogens with one attached hydrogen (secondary N) is 2. The smallest absolute Gasteiger partial charge is 0.191 e. The van der Waals surface area contributed by atoms with Crippen LogP contribution < -0.4 is 10.6 Å². The van der Waals surface area contributed by atoms with Crippen molar-refractivity contribution in [1.29, 1.82) is 0 Å². The van der Waals surface area contributed by atoms with E-state index in [0.717, 1.165) is 49.5 Å². The molecule has 2 heterocycles. The number of hydrogen-bond acceptors (Lipinski definition) is 4. The first-order valence-corrected chi connectivity index (χ1v) is 9.88. The second-order valence-electron chi connectivity index (χ2n) is 7.38. The lowest BCUT2D eigenvalue weighted by atomic mass is 10.1. The number of nitrogens with zero attached hydrogens (tertiary/aromatic N) is 3. The quantitative estimate of drug-likeness (QED) is 0.376. The molecule has 1 aromatic heterocycles. The van der Waals surface area contributed by atoms with Crippen LogP contribution >= 0.6 is 24.0 Å². The summed E-state index contributed by atoms with van der Waals surface area (Å²) < 4.78 is 5.23. The fourth-order valence-electron chi connectivity index (χ4n) is 4.16. The molecule has 2 N–H and O–H groups in total. The van der Waals surface area contributed by atoms with Gasteiger partial charge in [-0.15, -0.1) is 24.0 Å². The van der Waals surface area contributed by atoms with Crippen LogP contribution in [-0.4, -0.2) is 54.3 Å². The summed E-state index contributed by atoms with van der Waals surface area (Å²) in [5, 5.41) is 11.0. The molecule has 1 atom stereocenters.